The first kappa shape index (κ1) is 13.5. The lowest BCUT2D eigenvalue weighted by Crippen LogP contribution is -2.11. The van der Waals surface area contributed by atoms with Gasteiger partial charge in [-0.2, -0.15) is 0 Å². The van der Waals surface area contributed by atoms with Gasteiger partial charge in [-0.1, -0.05) is 31.5 Å². The highest BCUT2D eigenvalue weighted by atomic mass is 16.1. The van der Waals surface area contributed by atoms with Gasteiger partial charge in [-0.05, 0) is 49.5 Å². The van der Waals surface area contributed by atoms with E-state index in [0.717, 1.165) is 12.0 Å². The van der Waals surface area contributed by atoms with Crippen molar-refractivity contribution in [1.82, 2.24) is 0 Å². The van der Waals surface area contributed by atoms with Gasteiger partial charge < -0.3 is 5.73 Å². The van der Waals surface area contributed by atoms with Crippen molar-refractivity contribution in [2.24, 2.45) is 5.73 Å². The van der Waals surface area contributed by atoms with Crippen LogP contribution < -0.4 is 5.73 Å². The minimum Gasteiger partial charge on any atom is -0.366 e. The second-order valence-corrected chi connectivity index (χ2v) is 4.43. The maximum atomic E-state index is 11.0. The molecule has 1 rings (SSSR count). The summed E-state index contributed by atoms with van der Waals surface area (Å²) in [6, 6.07) is 6.22. The summed E-state index contributed by atoms with van der Waals surface area (Å²) >= 11 is 0. The molecular formula is C15H21NO. The Balaban J connectivity index is 3.02. The number of hydrogen-bond donors (Lipinski definition) is 1. The molecule has 0 unspecified atom stereocenters. The average molecular weight is 231 g/mol. The molecule has 0 spiro atoms. The van der Waals surface area contributed by atoms with Crippen LogP contribution in [0.1, 0.15) is 43.4 Å². The van der Waals surface area contributed by atoms with Crippen LogP contribution in [0.3, 0.4) is 0 Å². The van der Waals surface area contributed by atoms with Crippen LogP contribution in [0, 0.1) is 6.92 Å². The summed E-state index contributed by atoms with van der Waals surface area (Å²) < 4.78 is 0. The van der Waals surface area contributed by atoms with Crippen molar-refractivity contribution in [1.29, 1.82) is 0 Å². The minimum atomic E-state index is -0.358. The van der Waals surface area contributed by atoms with E-state index in [1.807, 2.05) is 18.2 Å². The Morgan fingerprint density at radius 3 is 2.71 bits per heavy atom. The highest BCUT2D eigenvalue weighted by molar-refractivity contribution is 5.96. The molecular weight excluding hydrogens is 210 g/mol. The monoisotopic (exact) mass is 231 g/mol. The molecule has 0 bridgehead atoms. The van der Waals surface area contributed by atoms with E-state index >= 15 is 0 Å². The second-order valence-electron chi connectivity index (χ2n) is 4.43. The zero-order chi connectivity index (χ0) is 12.8. The lowest BCUT2D eigenvalue weighted by Gasteiger charge is -2.08. The summed E-state index contributed by atoms with van der Waals surface area (Å²) in [4.78, 5) is 11.0. The van der Waals surface area contributed by atoms with Crippen LogP contribution in [0.25, 0.3) is 6.08 Å². The van der Waals surface area contributed by atoms with E-state index < -0.39 is 0 Å². The fourth-order valence-electron chi connectivity index (χ4n) is 1.80. The van der Waals surface area contributed by atoms with Gasteiger partial charge in [0.05, 0.1) is 0 Å². The van der Waals surface area contributed by atoms with Crippen molar-refractivity contribution in [2.45, 2.75) is 40.0 Å². The summed E-state index contributed by atoms with van der Waals surface area (Å²) in [6.07, 6.45) is 5.36. The quantitative estimate of drug-likeness (QED) is 0.777. The van der Waals surface area contributed by atoms with Crippen LogP contribution in [-0.4, -0.2) is 5.91 Å². The summed E-state index contributed by atoms with van der Waals surface area (Å²) in [5, 5.41) is 0. The molecule has 2 nitrogen and oxygen atoms in total. The van der Waals surface area contributed by atoms with E-state index in [1.54, 1.807) is 6.92 Å². The number of aryl methyl sites for hydroxylation is 1. The molecule has 0 fully saturated rings. The van der Waals surface area contributed by atoms with Gasteiger partial charge in [0.1, 0.15) is 0 Å². The number of carbonyl (C=O) groups is 1. The molecule has 92 valence electrons. The predicted octanol–water partition coefficient (Wildman–Crippen LogP) is 3.23. The van der Waals surface area contributed by atoms with Crippen LogP contribution in [-0.2, 0) is 11.2 Å². The van der Waals surface area contributed by atoms with Gasteiger partial charge in [0, 0.05) is 5.57 Å². The Bertz CT molecular complexity index is 433. The number of carbonyl (C=O) groups excluding carboxylic acids is 1. The van der Waals surface area contributed by atoms with Crippen LogP contribution >= 0.6 is 0 Å². The normalized spacial score (nSPS) is 11.6. The lowest BCUT2D eigenvalue weighted by atomic mass is 9.97. The minimum absolute atomic E-state index is 0.358. The van der Waals surface area contributed by atoms with E-state index in [1.165, 1.54) is 24.0 Å². The smallest absolute Gasteiger partial charge is 0.244 e. The standard InChI is InChI=1S/C15H21NO/c1-4-5-7-13-8-6-9-14(12(13)3)10-11(2)15(16)17/h6,8-10H,4-5,7H2,1-3H3,(H2,16,17)/b11-10+. The molecule has 0 atom stereocenters. The molecule has 0 saturated heterocycles. The molecule has 2 heteroatoms. The topological polar surface area (TPSA) is 43.1 Å². The van der Waals surface area contributed by atoms with Crippen LogP contribution in [0.4, 0.5) is 0 Å². The number of amides is 1. The molecule has 0 radical (unpaired) electrons. The fraction of sp³-hybridized carbons (Fsp3) is 0.400. The molecule has 2 N–H and O–H groups in total. The maximum absolute atomic E-state index is 11.0. The van der Waals surface area contributed by atoms with Gasteiger partial charge in [0.25, 0.3) is 0 Å². The molecule has 1 aromatic rings. The van der Waals surface area contributed by atoms with E-state index in [4.69, 9.17) is 5.73 Å². The number of hydrogen-bond acceptors (Lipinski definition) is 1. The number of primary amides is 1. The Hall–Kier alpha value is -1.57. The number of nitrogens with two attached hydrogens (primary N) is 1. The molecule has 17 heavy (non-hydrogen) atoms. The van der Waals surface area contributed by atoms with Gasteiger partial charge in [0.15, 0.2) is 0 Å². The van der Waals surface area contributed by atoms with Crippen molar-refractivity contribution in [3.05, 3.63) is 40.5 Å². The van der Waals surface area contributed by atoms with Gasteiger partial charge >= 0.3 is 0 Å². The summed E-state index contributed by atoms with van der Waals surface area (Å²) in [5.41, 5.74) is 9.55. The van der Waals surface area contributed by atoms with Gasteiger partial charge in [-0.15, -0.1) is 0 Å². The van der Waals surface area contributed by atoms with Crippen molar-refractivity contribution >= 4 is 12.0 Å². The first-order valence-corrected chi connectivity index (χ1v) is 6.12. The molecule has 1 aromatic carbocycles. The van der Waals surface area contributed by atoms with Gasteiger partial charge in [-0.3, -0.25) is 4.79 Å². The van der Waals surface area contributed by atoms with Crippen LogP contribution in [0.2, 0.25) is 0 Å². The zero-order valence-corrected chi connectivity index (χ0v) is 10.9. The molecule has 0 saturated carbocycles. The number of benzene rings is 1. The van der Waals surface area contributed by atoms with Crippen LogP contribution in [0.15, 0.2) is 23.8 Å². The third kappa shape index (κ3) is 3.74. The third-order valence-electron chi connectivity index (χ3n) is 3.05. The summed E-state index contributed by atoms with van der Waals surface area (Å²) in [6.45, 7) is 6.04. The number of unbranched alkanes of at least 4 members (excludes halogenated alkanes) is 1. The van der Waals surface area contributed by atoms with Crippen molar-refractivity contribution in [2.75, 3.05) is 0 Å². The van der Waals surface area contributed by atoms with E-state index in [0.29, 0.717) is 5.57 Å². The highest BCUT2D eigenvalue weighted by Gasteiger charge is 2.04. The largest absolute Gasteiger partial charge is 0.366 e. The molecule has 0 aromatic heterocycles. The Morgan fingerprint density at radius 1 is 1.41 bits per heavy atom. The Morgan fingerprint density at radius 2 is 2.12 bits per heavy atom. The Kier molecular flexibility index (Phi) is 4.95. The average Bonchev–Trinajstić information content (AvgIpc) is 2.30. The molecule has 0 aliphatic heterocycles. The maximum Gasteiger partial charge on any atom is 0.244 e. The van der Waals surface area contributed by atoms with Crippen molar-refractivity contribution in [3.8, 4) is 0 Å². The Labute approximate surface area is 104 Å². The zero-order valence-electron chi connectivity index (χ0n) is 10.9. The highest BCUT2D eigenvalue weighted by Crippen LogP contribution is 2.18. The lowest BCUT2D eigenvalue weighted by molar-refractivity contribution is -0.114. The van der Waals surface area contributed by atoms with Gasteiger partial charge in [0.2, 0.25) is 5.91 Å². The predicted molar refractivity (Wildman–Crippen MR) is 72.6 cm³/mol. The molecule has 1 amide bonds. The first-order chi connectivity index (χ1) is 8.06. The van der Waals surface area contributed by atoms with Crippen LogP contribution in [0.5, 0.6) is 0 Å². The van der Waals surface area contributed by atoms with E-state index in [-0.39, 0.29) is 5.91 Å². The SMILES string of the molecule is CCCCc1cccc(/C=C(\C)C(N)=O)c1C. The number of rotatable bonds is 5. The summed E-state index contributed by atoms with van der Waals surface area (Å²) in [7, 11) is 0. The third-order valence-corrected chi connectivity index (χ3v) is 3.05. The molecule has 0 aliphatic carbocycles. The van der Waals surface area contributed by atoms with E-state index in [2.05, 4.69) is 19.9 Å². The first-order valence-electron chi connectivity index (χ1n) is 6.12. The molecule has 0 aliphatic rings. The fourth-order valence-corrected chi connectivity index (χ4v) is 1.80. The van der Waals surface area contributed by atoms with Gasteiger partial charge in [-0.25, -0.2) is 0 Å². The summed E-state index contributed by atoms with van der Waals surface area (Å²) in [5.74, 6) is -0.358. The van der Waals surface area contributed by atoms with Crippen molar-refractivity contribution < 1.29 is 4.79 Å². The van der Waals surface area contributed by atoms with E-state index in [9.17, 15) is 4.79 Å². The molecule has 0 heterocycles. The second kappa shape index (κ2) is 6.24. The van der Waals surface area contributed by atoms with Crippen molar-refractivity contribution in [3.63, 3.8) is 0 Å².